The molecule has 0 spiro atoms. The lowest BCUT2D eigenvalue weighted by Crippen LogP contribution is -2.32. The molecule has 2 N–H and O–H groups in total. The molecule has 2 heterocycles. The van der Waals surface area contributed by atoms with Crippen LogP contribution in [0, 0.1) is 5.92 Å². The number of halogens is 1. The highest BCUT2D eigenvalue weighted by Gasteiger charge is 2.12. The van der Waals surface area contributed by atoms with Crippen molar-refractivity contribution < 1.29 is 14.2 Å². The fourth-order valence-electron chi connectivity index (χ4n) is 3.03. The van der Waals surface area contributed by atoms with Crippen LogP contribution in [0.15, 0.2) is 29.5 Å². The van der Waals surface area contributed by atoms with Gasteiger partial charge in [-0.25, -0.2) is 4.99 Å². The van der Waals surface area contributed by atoms with E-state index in [9.17, 15) is 0 Å². The smallest absolute Gasteiger partial charge is 0.196 e. The summed E-state index contributed by atoms with van der Waals surface area (Å²) in [6.45, 7) is 11.2. The third-order valence-corrected chi connectivity index (χ3v) is 4.63. The number of nitrogens with zero attached hydrogens (tertiary/aromatic N) is 4. The van der Waals surface area contributed by atoms with Crippen LogP contribution in [-0.4, -0.2) is 53.7 Å². The van der Waals surface area contributed by atoms with Crippen LogP contribution in [0.3, 0.4) is 0 Å². The summed E-state index contributed by atoms with van der Waals surface area (Å²) in [7, 11) is 0. The summed E-state index contributed by atoms with van der Waals surface area (Å²) in [5.74, 6) is 3.55. The minimum Gasteiger partial charge on any atom is -0.490 e. The maximum Gasteiger partial charge on any atom is 0.196 e. The molecule has 10 heteroatoms. The lowest BCUT2D eigenvalue weighted by Gasteiger charge is -2.15. The summed E-state index contributed by atoms with van der Waals surface area (Å²) in [6, 6.07) is 5.83. The Labute approximate surface area is 207 Å². The zero-order chi connectivity index (χ0) is 21.9. The highest BCUT2D eigenvalue weighted by molar-refractivity contribution is 14.0. The van der Waals surface area contributed by atoms with Crippen molar-refractivity contribution in [2.24, 2.45) is 10.9 Å². The molecule has 0 unspecified atom stereocenters. The van der Waals surface area contributed by atoms with Gasteiger partial charge in [-0.15, -0.1) is 34.2 Å². The summed E-state index contributed by atoms with van der Waals surface area (Å²) >= 11 is 0. The molecule has 0 amide bonds. The van der Waals surface area contributed by atoms with E-state index in [1.165, 1.54) is 0 Å². The van der Waals surface area contributed by atoms with Crippen molar-refractivity contribution in [2.45, 2.75) is 46.7 Å². The number of anilines is 1. The molecule has 0 atom stereocenters. The summed E-state index contributed by atoms with van der Waals surface area (Å²) < 4.78 is 19.2. The normalized spacial score (nSPS) is 13.4. The van der Waals surface area contributed by atoms with Gasteiger partial charge in [0.15, 0.2) is 23.3 Å². The van der Waals surface area contributed by atoms with Crippen LogP contribution in [0.5, 0.6) is 11.5 Å². The molecule has 1 aliphatic heterocycles. The molecule has 1 aliphatic rings. The largest absolute Gasteiger partial charge is 0.490 e. The molecule has 0 fully saturated rings. The second-order valence-electron chi connectivity index (χ2n) is 7.78. The summed E-state index contributed by atoms with van der Waals surface area (Å²) in [6.07, 6.45) is 3.49. The van der Waals surface area contributed by atoms with Gasteiger partial charge in [-0.2, -0.15) is 0 Å². The molecular formula is C22H35IN6O3. The van der Waals surface area contributed by atoms with E-state index in [-0.39, 0.29) is 24.0 Å². The van der Waals surface area contributed by atoms with Crippen LogP contribution in [0.2, 0.25) is 0 Å². The number of benzene rings is 1. The van der Waals surface area contributed by atoms with E-state index in [1.54, 1.807) is 6.33 Å². The SMILES string of the molecule is CCn1cnnc1CN=C(NCCCOCC(C)C)Nc1ccc2c(c1)OCCCO2.I. The van der Waals surface area contributed by atoms with Gasteiger partial charge in [0.05, 0.1) is 13.2 Å². The van der Waals surface area contributed by atoms with Crippen molar-refractivity contribution >= 4 is 35.6 Å². The molecule has 3 rings (SSSR count). The van der Waals surface area contributed by atoms with Crippen molar-refractivity contribution in [2.75, 3.05) is 38.3 Å². The van der Waals surface area contributed by atoms with E-state index >= 15 is 0 Å². The maximum atomic E-state index is 5.80. The topological polar surface area (TPSA) is 94.8 Å². The molecule has 178 valence electrons. The number of aryl methyl sites for hydroxylation is 1. The first kappa shape index (κ1) is 26.2. The Morgan fingerprint density at radius 1 is 1.25 bits per heavy atom. The third kappa shape index (κ3) is 8.45. The van der Waals surface area contributed by atoms with Crippen LogP contribution < -0.4 is 20.1 Å². The fourth-order valence-corrected chi connectivity index (χ4v) is 3.03. The molecule has 32 heavy (non-hydrogen) atoms. The van der Waals surface area contributed by atoms with Crippen LogP contribution in [0.4, 0.5) is 5.69 Å². The predicted molar refractivity (Wildman–Crippen MR) is 136 cm³/mol. The Morgan fingerprint density at radius 2 is 2.06 bits per heavy atom. The van der Waals surface area contributed by atoms with Gasteiger partial charge in [0, 0.05) is 44.5 Å². The number of nitrogens with one attached hydrogen (secondary N) is 2. The maximum absolute atomic E-state index is 5.80. The van der Waals surface area contributed by atoms with Crippen LogP contribution in [-0.2, 0) is 17.8 Å². The molecule has 9 nitrogen and oxygen atoms in total. The molecule has 0 radical (unpaired) electrons. The van der Waals surface area contributed by atoms with Crippen molar-refractivity contribution in [1.29, 1.82) is 0 Å². The van der Waals surface area contributed by atoms with Gasteiger partial charge in [-0.3, -0.25) is 0 Å². The van der Waals surface area contributed by atoms with Crippen molar-refractivity contribution in [3.63, 3.8) is 0 Å². The zero-order valence-electron chi connectivity index (χ0n) is 19.2. The van der Waals surface area contributed by atoms with E-state index in [0.717, 1.165) is 55.5 Å². The lowest BCUT2D eigenvalue weighted by atomic mass is 10.2. The van der Waals surface area contributed by atoms with E-state index < -0.39 is 0 Å². The molecule has 1 aromatic heterocycles. The van der Waals surface area contributed by atoms with Crippen LogP contribution >= 0.6 is 24.0 Å². The Kier molecular flexibility index (Phi) is 11.6. The number of guanidine groups is 1. The average molecular weight is 558 g/mol. The number of hydrogen-bond acceptors (Lipinski definition) is 6. The number of rotatable bonds is 10. The van der Waals surface area contributed by atoms with Crippen molar-refractivity contribution in [3.8, 4) is 11.5 Å². The highest BCUT2D eigenvalue weighted by Crippen LogP contribution is 2.32. The first-order valence-corrected chi connectivity index (χ1v) is 11.0. The third-order valence-electron chi connectivity index (χ3n) is 4.63. The lowest BCUT2D eigenvalue weighted by molar-refractivity contribution is 0.108. The zero-order valence-corrected chi connectivity index (χ0v) is 21.5. The Hall–Kier alpha value is -2.08. The Morgan fingerprint density at radius 3 is 2.84 bits per heavy atom. The first-order valence-electron chi connectivity index (χ1n) is 11.0. The van der Waals surface area contributed by atoms with Gasteiger partial charge in [0.1, 0.15) is 12.9 Å². The number of fused-ring (bicyclic) bond motifs is 1. The highest BCUT2D eigenvalue weighted by atomic mass is 127. The van der Waals surface area contributed by atoms with Crippen molar-refractivity contribution in [3.05, 3.63) is 30.4 Å². The van der Waals surface area contributed by atoms with E-state index in [4.69, 9.17) is 19.2 Å². The van der Waals surface area contributed by atoms with E-state index in [1.807, 2.05) is 22.8 Å². The number of hydrogen-bond donors (Lipinski definition) is 2. The number of aromatic nitrogens is 3. The minimum atomic E-state index is 0. The van der Waals surface area contributed by atoms with Crippen molar-refractivity contribution in [1.82, 2.24) is 20.1 Å². The minimum absolute atomic E-state index is 0. The van der Waals surface area contributed by atoms with Gasteiger partial charge in [0.2, 0.25) is 0 Å². The Balaban J connectivity index is 0.00000363. The second-order valence-corrected chi connectivity index (χ2v) is 7.78. The molecule has 0 bridgehead atoms. The first-order chi connectivity index (χ1) is 15.2. The van der Waals surface area contributed by atoms with Gasteiger partial charge in [0.25, 0.3) is 0 Å². The summed E-state index contributed by atoms with van der Waals surface area (Å²) in [4.78, 5) is 4.70. The molecular weight excluding hydrogens is 523 g/mol. The molecule has 0 aliphatic carbocycles. The summed E-state index contributed by atoms with van der Waals surface area (Å²) in [5.41, 5.74) is 0.878. The number of ether oxygens (including phenoxy) is 3. The second kappa shape index (κ2) is 14.1. The molecule has 2 aromatic rings. The quantitative estimate of drug-likeness (QED) is 0.199. The Bertz CT molecular complexity index is 843. The predicted octanol–water partition coefficient (Wildman–Crippen LogP) is 3.70. The van der Waals surface area contributed by atoms with Gasteiger partial charge in [-0.05, 0) is 31.4 Å². The van der Waals surface area contributed by atoms with Gasteiger partial charge in [-0.1, -0.05) is 13.8 Å². The number of aliphatic imine (C=N–C) groups is 1. The van der Waals surface area contributed by atoms with Gasteiger partial charge >= 0.3 is 0 Å². The van der Waals surface area contributed by atoms with Crippen LogP contribution in [0.1, 0.15) is 39.4 Å². The van der Waals surface area contributed by atoms with E-state index in [2.05, 4.69) is 41.6 Å². The van der Waals surface area contributed by atoms with Crippen LogP contribution in [0.25, 0.3) is 0 Å². The van der Waals surface area contributed by atoms with Gasteiger partial charge < -0.3 is 29.4 Å². The monoisotopic (exact) mass is 558 g/mol. The molecule has 0 saturated carbocycles. The average Bonchev–Trinajstić information content (AvgIpc) is 3.09. The molecule has 0 saturated heterocycles. The fraction of sp³-hybridized carbons (Fsp3) is 0.591. The standard InChI is InChI=1S/C22H34N6O3.HI/c1-4-28-16-25-27-21(28)14-24-22(23-9-5-10-29-15-17(2)3)26-18-7-8-19-20(13-18)31-12-6-11-30-19;/h7-8,13,16-17H,4-6,9-12,14-15H2,1-3H3,(H2,23,24,26);1H. The van der Waals surface area contributed by atoms with E-state index in [0.29, 0.717) is 38.2 Å². The molecule has 1 aromatic carbocycles. The summed E-state index contributed by atoms with van der Waals surface area (Å²) in [5, 5.41) is 14.9.